The number of hydrogen-bond donors (Lipinski definition) is 2. The van der Waals surface area contributed by atoms with E-state index in [4.69, 9.17) is 0 Å². The Morgan fingerprint density at radius 1 is 1.22 bits per heavy atom. The van der Waals surface area contributed by atoms with Gasteiger partial charge in [-0.2, -0.15) is 0 Å². The van der Waals surface area contributed by atoms with E-state index in [0.29, 0.717) is 16.8 Å². The fraction of sp³-hybridized carbons (Fsp3) is 0.143. The predicted molar refractivity (Wildman–Crippen MR) is 88.6 cm³/mol. The molecule has 0 spiro atoms. The highest BCUT2D eigenvalue weighted by Gasteiger charge is 2.11. The molecular formula is C14H12N4O3S2. The molecule has 0 radical (unpaired) electrons. The number of urea groups is 1. The topological polar surface area (TPSA) is 93.1 Å². The number of fused-ring (bicyclic) bond motifs is 1. The zero-order valence-corrected chi connectivity index (χ0v) is 13.4. The molecule has 2 N–H and O–H groups in total. The maximum Gasteiger partial charge on any atom is 0.321 e. The first-order chi connectivity index (χ1) is 11.1. The first kappa shape index (κ1) is 15.4. The van der Waals surface area contributed by atoms with Gasteiger partial charge in [0.15, 0.2) is 0 Å². The molecule has 3 amide bonds. The number of thiophene rings is 2. The van der Waals surface area contributed by atoms with Crippen molar-refractivity contribution in [3.05, 3.63) is 50.5 Å². The van der Waals surface area contributed by atoms with Gasteiger partial charge in [-0.25, -0.2) is 9.78 Å². The van der Waals surface area contributed by atoms with Crippen LogP contribution in [0, 0.1) is 0 Å². The molecule has 3 rings (SSSR count). The van der Waals surface area contributed by atoms with Gasteiger partial charge in [-0.15, -0.1) is 22.7 Å². The Morgan fingerprint density at radius 3 is 2.87 bits per heavy atom. The summed E-state index contributed by atoms with van der Waals surface area (Å²) < 4.78 is 1.18. The van der Waals surface area contributed by atoms with Crippen molar-refractivity contribution in [3.63, 3.8) is 0 Å². The van der Waals surface area contributed by atoms with Crippen LogP contribution in [0.5, 0.6) is 0 Å². The van der Waals surface area contributed by atoms with Gasteiger partial charge in [0.1, 0.15) is 11.4 Å². The number of carbonyl (C=O) groups is 2. The van der Waals surface area contributed by atoms with Gasteiger partial charge in [-0.1, -0.05) is 6.07 Å². The van der Waals surface area contributed by atoms with E-state index in [0.717, 1.165) is 4.88 Å². The van der Waals surface area contributed by atoms with Crippen molar-refractivity contribution in [2.45, 2.75) is 13.1 Å². The van der Waals surface area contributed by atoms with Crippen LogP contribution in [0.2, 0.25) is 0 Å². The summed E-state index contributed by atoms with van der Waals surface area (Å²) in [5.41, 5.74) is -0.301. The summed E-state index contributed by atoms with van der Waals surface area (Å²) in [5.74, 6) is -0.577. The SMILES string of the molecule is O=C(Cn1cnc2sccc2c1=O)NC(=O)NCc1cccs1. The van der Waals surface area contributed by atoms with Crippen LogP contribution >= 0.6 is 22.7 Å². The lowest BCUT2D eigenvalue weighted by molar-refractivity contribution is -0.120. The first-order valence-corrected chi connectivity index (χ1v) is 8.42. The molecule has 3 aromatic heterocycles. The lowest BCUT2D eigenvalue weighted by Gasteiger charge is -2.07. The number of amides is 3. The maximum atomic E-state index is 12.1. The molecule has 0 bridgehead atoms. The quantitative estimate of drug-likeness (QED) is 0.748. The van der Waals surface area contributed by atoms with Gasteiger partial charge in [-0.05, 0) is 22.9 Å². The summed E-state index contributed by atoms with van der Waals surface area (Å²) >= 11 is 2.87. The molecule has 0 aliphatic rings. The standard InChI is InChI=1S/C14H12N4O3S2/c19-11(17-14(21)15-6-9-2-1-4-22-9)7-18-8-16-12-10(13(18)20)3-5-23-12/h1-5,8H,6-7H2,(H2,15,17,19,21). The van der Waals surface area contributed by atoms with Gasteiger partial charge in [0.25, 0.3) is 5.56 Å². The van der Waals surface area contributed by atoms with Crippen LogP contribution in [0.15, 0.2) is 40.1 Å². The Hall–Kier alpha value is -2.52. The number of carbonyl (C=O) groups excluding carboxylic acids is 2. The second-order valence-electron chi connectivity index (χ2n) is 4.63. The molecule has 118 valence electrons. The van der Waals surface area contributed by atoms with Gasteiger partial charge in [0.2, 0.25) is 5.91 Å². The molecule has 3 heterocycles. The molecular weight excluding hydrogens is 336 g/mol. The van der Waals surface area contributed by atoms with E-state index in [2.05, 4.69) is 15.6 Å². The molecule has 0 unspecified atom stereocenters. The van der Waals surface area contributed by atoms with Crippen molar-refractivity contribution in [2.75, 3.05) is 0 Å². The summed E-state index contributed by atoms with van der Waals surface area (Å²) in [4.78, 5) is 41.4. The van der Waals surface area contributed by atoms with E-state index in [1.54, 1.807) is 11.4 Å². The van der Waals surface area contributed by atoms with E-state index in [-0.39, 0.29) is 12.1 Å². The molecule has 0 fully saturated rings. The second-order valence-corrected chi connectivity index (χ2v) is 6.55. The number of rotatable bonds is 4. The van der Waals surface area contributed by atoms with E-state index < -0.39 is 11.9 Å². The lowest BCUT2D eigenvalue weighted by atomic mass is 10.4. The van der Waals surface area contributed by atoms with E-state index in [1.165, 1.54) is 33.6 Å². The monoisotopic (exact) mass is 348 g/mol. The second kappa shape index (κ2) is 6.71. The minimum absolute atomic E-state index is 0.260. The summed E-state index contributed by atoms with van der Waals surface area (Å²) in [5, 5.41) is 8.90. The van der Waals surface area contributed by atoms with E-state index >= 15 is 0 Å². The smallest absolute Gasteiger partial charge is 0.321 e. The third kappa shape index (κ3) is 3.63. The van der Waals surface area contributed by atoms with Crippen LogP contribution in [0.3, 0.4) is 0 Å². The van der Waals surface area contributed by atoms with Crippen LogP contribution in [0.25, 0.3) is 10.2 Å². The van der Waals surface area contributed by atoms with Crippen LogP contribution in [0.1, 0.15) is 4.88 Å². The molecule has 0 atom stereocenters. The third-order valence-corrected chi connectivity index (χ3v) is 4.72. The highest BCUT2D eigenvalue weighted by Crippen LogP contribution is 2.13. The first-order valence-electron chi connectivity index (χ1n) is 6.66. The molecule has 3 aromatic rings. The van der Waals surface area contributed by atoms with Crippen molar-refractivity contribution >= 4 is 44.8 Å². The number of nitrogens with zero attached hydrogens (tertiary/aromatic N) is 2. The summed E-state index contributed by atoms with van der Waals surface area (Å²) in [7, 11) is 0. The lowest BCUT2D eigenvalue weighted by Crippen LogP contribution is -2.41. The molecule has 0 aromatic carbocycles. The van der Waals surface area contributed by atoms with Gasteiger partial charge in [-0.3, -0.25) is 19.5 Å². The minimum Gasteiger partial charge on any atom is -0.333 e. The van der Waals surface area contributed by atoms with E-state index in [9.17, 15) is 14.4 Å². The Balaban J connectivity index is 1.58. The Bertz CT molecular complexity index is 898. The van der Waals surface area contributed by atoms with Gasteiger partial charge < -0.3 is 5.32 Å². The molecule has 0 aliphatic heterocycles. The largest absolute Gasteiger partial charge is 0.333 e. The highest BCUT2D eigenvalue weighted by molar-refractivity contribution is 7.16. The van der Waals surface area contributed by atoms with Crippen molar-refractivity contribution in [1.29, 1.82) is 0 Å². The average molecular weight is 348 g/mol. The number of hydrogen-bond acceptors (Lipinski definition) is 6. The third-order valence-electron chi connectivity index (χ3n) is 3.02. The fourth-order valence-electron chi connectivity index (χ4n) is 1.95. The van der Waals surface area contributed by atoms with Crippen molar-refractivity contribution in [1.82, 2.24) is 20.2 Å². The normalized spacial score (nSPS) is 10.6. The van der Waals surface area contributed by atoms with Crippen molar-refractivity contribution in [3.8, 4) is 0 Å². The van der Waals surface area contributed by atoms with E-state index in [1.807, 2.05) is 17.5 Å². The summed E-state index contributed by atoms with van der Waals surface area (Å²) in [6, 6.07) is 4.83. The summed E-state index contributed by atoms with van der Waals surface area (Å²) in [6.45, 7) is 0.0865. The Labute approximate surface area is 138 Å². The average Bonchev–Trinajstić information content (AvgIpc) is 3.19. The van der Waals surface area contributed by atoms with Crippen LogP contribution < -0.4 is 16.2 Å². The zero-order valence-electron chi connectivity index (χ0n) is 11.8. The molecule has 0 saturated heterocycles. The number of imide groups is 1. The Morgan fingerprint density at radius 2 is 2.09 bits per heavy atom. The number of nitrogens with one attached hydrogen (secondary N) is 2. The van der Waals surface area contributed by atoms with Crippen LogP contribution in [-0.2, 0) is 17.9 Å². The molecule has 9 heteroatoms. The van der Waals surface area contributed by atoms with Crippen LogP contribution in [-0.4, -0.2) is 21.5 Å². The van der Waals surface area contributed by atoms with Crippen LogP contribution in [0.4, 0.5) is 4.79 Å². The molecule has 7 nitrogen and oxygen atoms in total. The molecule has 0 saturated carbocycles. The zero-order chi connectivity index (χ0) is 16.2. The highest BCUT2D eigenvalue weighted by atomic mass is 32.1. The number of aromatic nitrogens is 2. The van der Waals surface area contributed by atoms with Gasteiger partial charge in [0, 0.05) is 4.88 Å². The van der Waals surface area contributed by atoms with Crippen molar-refractivity contribution in [2.24, 2.45) is 0 Å². The predicted octanol–water partition coefficient (Wildman–Crippen LogP) is 1.55. The van der Waals surface area contributed by atoms with Gasteiger partial charge >= 0.3 is 6.03 Å². The fourth-order valence-corrected chi connectivity index (χ4v) is 3.32. The maximum absolute atomic E-state index is 12.1. The van der Waals surface area contributed by atoms with Gasteiger partial charge in [0.05, 0.1) is 18.3 Å². The Kier molecular flexibility index (Phi) is 4.49. The molecule has 23 heavy (non-hydrogen) atoms. The minimum atomic E-state index is -0.596. The van der Waals surface area contributed by atoms with Crippen molar-refractivity contribution < 1.29 is 9.59 Å². The summed E-state index contributed by atoms with van der Waals surface area (Å²) in [6.07, 6.45) is 1.31. The molecule has 0 aliphatic carbocycles.